The molecule has 1 aliphatic rings. The van der Waals surface area contributed by atoms with Crippen molar-refractivity contribution in [2.45, 2.75) is 32.1 Å². The molecule has 0 radical (unpaired) electrons. The number of rotatable bonds is 4. The van der Waals surface area contributed by atoms with E-state index in [9.17, 15) is 13.2 Å². The summed E-state index contributed by atoms with van der Waals surface area (Å²) in [6.45, 7) is 4.18. The van der Waals surface area contributed by atoms with Crippen LogP contribution in [-0.2, 0) is 12.7 Å². The Bertz CT molecular complexity index is 687. The van der Waals surface area contributed by atoms with E-state index in [1.165, 1.54) is 18.6 Å². The fraction of sp³-hybridized carbons (Fsp3) is 0.438. The van der Waals surface area contributed by atoms with Crippen molar-refractivity contribution in [3.05, 3.63) is 47.7 Å². The molecule has 1 fully saturated rings. The molecule has 1 atom stereocenters. The molecule has 0 spiro atoms. The van der Waals surface area contributed by atoms with Crippen molar-refractivity contribution >= 4 is 5.82 Å². The van der Waals surface area contributed by atoms with Crippen LogP contribution in [0.5, 0.6) is 0 Å². The number of alkyl halides is 3. The predicted molar refractivity (Wildman–Crippen MR) is 83.3 cm³/mol. The zero-order valence-electron chi connectivity index (χ0n) is 13.2. The van der Waals surface area contributed by atoms with Crippen LogP contribution in [0.15, 0.2) is 30.7 Å². The summed E-state index contributed by atoms with van der Waals surface area (Å²) in [7, 11) is 0. The Morgan fingerprint density at radius 3 is 2.75 bits per heavy atom. The number of nitrogens with one attached hydrogen (secondary N) is 1. The van der Waals surface area contributed by atoms with E-state index in [4.69, 9.17) is 0 Å². The van der Waals surface area contributed by atoms with Gasteiger partial charge in [0.05, 0.1) is 0 Å². The second-order valence-corrected chi connectivity index (χ2v) is 5.96. The number of aromatic nitrogens is 3. The van der Waals surface area contributed by atoms with Crippen molar-refractivity contribution in [3.8, 4) is 0 Å². The molecule has 0 bridgehead atoms. The second-order valence-electron chi connectivity index (χ2n) is 5.96. The quantitative estimate of drug-likeness (QED) is 0.930. The summed E-state index contributed by atoms with van der Waals surface area (Å²) in [5, 5.41) is 3.37. The number of nitrogens with zero attached hydrogens (tertiary/aromatic N) is 4. The molecule has 128 valence electrons. The Balaban J connectivity index is 1.54. The van der Waals surface area contributed by atoms with Gasteiger partial charge in [-0.05, 0) is 25.0 Å². The fourth-order valence-electron chi connectivity index (χ4n) is 2.78. The number of aryl methyl sites for hydroxylation is 1. The van der Waals surface area contributed by atoms with Crippen LogP contribution >= 0.6 is 0 Å². The van der Waals surface area contributed by atoms with Gasteiger partial charge in [-0.3, -0.25) is 9.88 Å². The van der Waals surface area contributed by atoms with E-state index in [2.05, 4.69) is 25.2 Å². The van der Waals surface area contributed by atoms with E-state index in [1.807, 2.05) is 13.0 Å². The van der Waals surface area contributed by atoms with Crippen LogP contribution in [0.1, 0.15) is 23.4 Å². The number of hydrogen-bond donors (Lipinski definition) is 1. The van der Waals surface area contributed by atoms with Gasteiger partial charge in [0.25, 0.3) is 0 Å². The highest BCUT2D eigenvalue weighted by atomic mass is 19.4. The number of anilines is 1. The Labute approximate surface area is 138 Å². The third-order valence-corrected chi connectivity index (χ3v) is 3.95. The minimum atomic E-state index is -4.39. The van der Waals surface area contributed by atoms with Gasteiger partial charge in [0.15, 0.2) is 0 Å². The smallest absolute Gasteiger partial charge is 0.366 e. The van der Waals surface area contributed by atoms with Gasteiger partial charge < -0.3 is 5.32 Å². The Morgan fingerprint density at radius 1 is 1.25 bits per heavy atom. The molecule has 2 aromatic rings. The van der Waals surface area contributed by atoms with Gasteiger partial charge in [-0.15, -0.1) is 0 Å². The van der Waals surface area contributed by atoms with Gasteiger partial charge in [0.1, 0.15) is 17.8 Å². The molecule has 0 saturated carbocycles. The van der Waals surface area contributed by atoms with Crippen molar-refractivity contribution < 1.29 is 13.2 Å². The van der Waals surface area contributed by atoms with E-state index < -0.39 is 11.9 Å². The van der Waals surface area contributed by atoms with Crippen molar-refractivity contribution in [2.24, 2.45) is 0 Å². The van der Waals surface area contributed by atoms with Crippen LogP contribution < -0.4 is 5.32 Å². The first kappa shape index (κ1) is 16.6. The normalized spacial score (nSPS) is 18.8. The Morgan fingerprint density at radius 2 is 2.08 bits per heavy atom. The van der Waals surface area contributed by atoms with E-state index in [0.29, 0.717) is 6.54 Å². The maximum absolute atomic E-state index is 12.5. The number of halogens is 3. The third-order valence-electron chi connectivity index (χ3n) is 3.95. The predicted octanol–water partition coefficient (Wildman–Crippen LogP) is 2.89. The molecule has 1 N–H and O–H groups in total. The minimum absolute atomic E-state index is 0.265. The zero-order valence-corrected chi connectivity index (χ0v) is 13.2. The molecule has 3 rings (SSSR count). The molecule has 3 heterocycles. The van der Waals surface area contributed by atoms with Crippen LogP contribution in [0.2, 0.25) is 0 Å². The molecule has 2 aromatic heterocycles. The average molecular weight is 337 g/mol. The van der Waals surface area contributed by atoms with Crippen LogP contribution in [0, 0.1) is 6.92 Å². The molecule has 24 heavy (non-hydrogen) atoms. The lowest BCUT2D eigenvalue weighted by atomic mass is 10.2. The molecule has 1 aliphatic heterocycles. The van der Waals surface area contributed by atoms with Crippen molar-refractivity contribution in [2.75, 3.05) is 18.4 Å². The van der Waals surface area contributed by atoms with Gasteiger partial charge in [-0.25, -0.2) is 9.97 Å². The minimum Gasteiger partial charge on any atom is -0.366 e. The lowest BCUT2D eigenvalue weighted by Gasteiger charge is -2.17. The number of pyridine rings is 1. The zero-order chi connectivity index (χ0) is 17.2. The molecule has 5 nitrogen and oxygen atoms in total. The first-order valence-corrected chi connectivity index (χ1v) is 7.70. The molecule has 0 aliphatic carbocycles. The highest BCUT2D eigenvalue weighted by molar-refractivity contribution is 5.36. The lowest BCUT2D eigenvalue weighted by Crippen LogP contribution is -2.26. The maximum Gasteiger partial charge on any atom is 0.433 e. The van der Waals surface area contributed by atoms with Crippen molar-refractivity contribution in [3.63, 3.8) is 0 Å². The van der Waals surface area contributed by atoms with Gasteiger partial charge in [-0.2, -0.15) is 13.2 Å². The summed E-state index contributed by atoms with van der Waals surface area (Å²) in [5.74, 6) is 0.797. The molecule has 1 unspecified atom stereocenters. The highest BCUT2D eigenvalue weighted by Crippen LogP contribution is 2.27. The number of likely N-dealkylation sites (tertiary alicyclic amines) is 1. The van der Waals surface area contributed by atoms with E-state index >= 15 is 0 Å². The fourth-order valence-corrected chi connectivity index (χ4v) is 2.78. The molecule has 8 heteroatoms. The topological polar surface area (TPSA) is 53.9 Å². The van der Waals surface area contributed by atoms with Gasteiger partial charge in [0, 0.05) is 43.6 Å². The summed E-state index contributed by atoms with van der Waals surface area (Å²) in [4.78, 5) is 13.9. The summed E-state index contributed by atoms with van der Waals surface area (Å²) in [5.41, 5.74) is 0.825. The standard InChI is InChI=1S/C16H18F3N5/c1-11-6-15(22-10-21-11)23-13-4-5-24(9-13)8-12-2-3-14(20-7-12)16(17,18)19/h2-3,6-7,10,13H,4-5,8-9H2,1H3,(H,21,22,23). The van der Waals surface area contributed by atoms with Gasteiger partial charge in [0.2, 0.25) is 0 Å². The largest absolute Gasteiger partial charge is 0.433 e. The van der Waals surface area contributed by atoms with Gasteiger partial charge in [-0.1, -0.05) is 6.07 Å². The molecule has 0 aromatic carbocycles. The molecule has 0 amide bonds. The summed E-state index contributed by atoms with van der Waals surface area (Å²) in [6.07, 6.45) is -0.608. The molecular formula is C16H18F3N5. The Kier molecular flexibility index (Phi) is 4.66. The van der Waals surface area contributed by atoms with Crippen LogP contribution in [0.25, 0.3) is 0 Å². The first-order valence-electron chi connectivity index (χ1n) is 7.70. The van der Waals surface area contributed by atoms with Crippen molar-refractivity contribution in [1.29, 1.82) is 0 Å². The monoisotopic (exact) mass is 337 g/mol. The molecular weight excluding hydrogens is 319 g/mol. The van der Waals surface area contributed by atoms with Crippen LogP contribution in [0.3, 0.4) is 0 Å². The average Bonchev–Trinajstić information content (AvgIpc) is 2.94. The van der Waals surface area contributed by atoms with Crippen LogP contribution in [-0.4, -0.2) is 39.0 Å². The van der Waals surface area contributed by atoms with Gasteiger partial charge >= 0.3 is 6.18 Å². The number of hydrogen-bond acceptors (Lipinski definition) is 5. The summed E-state index contributed by atoms with van der Waals surface area (Å²) >= 11 is 0. The lowest BCUT2D eigenvalue weighted by molar-refractivity contribution is -0.141. The third kappa shape index (κ3) is 4.19. The first-order chi connectivity index (χ1) is 11.4. The van der Waals surface area contributed by atoms with E-state index in [-0.39, 0.29) is 6.04 Å². The van der Waals surface area contributed by atoms with Crippen molar-refractivity contribution in [1.82, 2.24) is 19.9 Å². The maximum atomic E-state index is 12.5. The highest BCUT2D eigenvalue weighted by Gasteiger charge is 2.32. The summed E-state index contributed by atoms with van der Waals surface area (Å²) in [6, 6.07) is 4.68. The second kappa shape index (κ2) is 6.72. The van der Waals surface area contributed by atoms with E-state index in [0.717, 1.165) is 42.7 Å². The SMILES string of the molecule is Cc1cc(NC2CCN(Cc3ccc(C(F)(F)F)nc3)C2)ncn1. The molecule has 1 saturated heterocycles. The summed E-state index contributed by atoms with van der Waals surface area (Å²) < 4.78 is 37.6. The van der Waals surface area contributed by atoms with E-state index in [1.54, 1.807) is 0 Å². The Hall–Kier alpha value is -2.22. The van der Waals surface area contributed by atoms with Crippen LogP contribution in [0.4, 0.5) is 19.0 Å².